The van der Waals surface area contributed by atoms with Gasteiger partial charge in [0.05, 0.1) is 12.8 Å². The Labute approximate surface area is 76.7 Å². The number of hydrazone groups is 1. The molecule has 4 N–H and O–H groups in total. The number of hydrogen-bond donors (Lipinski definition) is 4. The predicted molar refractivity (Wildman–Crippen MR) is 47.3 cm³/mol. The lowest BCUT2D eigenvalue weighted by molar-refractivity contribution is -0.0543. The van der Waals surface area contributed by atoms with E-state index in [2.05, 4.69) is 5.10 Å². The van der Waals surface area contributed by atoms with Gasteiger partial charge < -0.3 is 25.4 Å². The lowest BCUT2D eigenvalue weighted by Gasteiger charge is -2.18. The molecular formula is C7H16N2O4. The van der Waals surface area contributed by atoms with Crippen molar-refractivity contribution in [3.63, 3.8) is 0 Å². The van der Waals surface area contributed by atoms with Crippen LogP contribution in [-0.4, -0.2) is 70.7 Å². The molecule has 0 saturated carbocycles. The average molecular weight is 192 g/mol. The molecule has 13 heavy (non-hydrogen) atoms. The molecule has 0 rings (SSSR count). The van der Waals surface area contributed by atoms with Crippen LogP contribution in [-0.2, 0) is 0 Å². The summed E-state index contributed by atoms with van der Waals surface area (Å²) in [5.41, 5.74) is 0. The molecule has 0 aliphatic carbocycles. The van der Waals surface area contributed by atoms with Crippen LogP contribution in [0.1, 0.15) is 0 Å². The lowest BCUT2D eigenvalue weighted by atomic mass is 10.1. The molecule has 6 nitrogen and oxygen atoms in total. The fraction of sp³-hybridized carbons (Fsp3) is 0.857. The van der Waals surface area contributed by atoms with Crippen molar-refractivity contribution < 1.29 is 20.4 Å². The Kier molecular flexibility index (Phi) is 5.56. The Hall–Kier alpha value is -0.690. The van der Waals surface area contributed by atoms with Crippen molar-refractivity contribution >= 4 is 6.21 Å². The molecule has 0 aromatic carbocycles. The van der Waals surface area contributed by atoms with Crippen molar-refractivity contribution in [3.05, 3.63) is 0 Å². The monoisotopic (exact) mass is 192 g/mol. The van der Waals surface area contributed by atoms with Crippen LogP contribution in [0.2, 0.25) is 0 Å². The summed E-state index contributed by atoms with van der Waals surface area (Å²) in [6, 6.07) is 0. The van der Waals surface area contributed by atoms with Crippen LogP contribution in [0.5, 0.6) is 0 Å². The first-order valence-electron chi connectivity index (χ1n) is 3.85. The molecule has 78 valence electrons. The third kappa shape index (κ3) is 4.79. The summed E-state index contributed by atoms with van der Waals surface area (Å²) in [7, 11) is 3.30. The van der Waals surface area contributed by atoms with Crippen LogP contribution in [0.3, 0.4) is 0 Å². The van der Waals surface area contributed by atoms with E-state index < -0.39 is 24.9 Å². The van der Waals surface area contributed by atoms with Gasteiger partial charge in [-0.1, -0.05) is 0 Å². The van der Waals surface area contributed by atoms with Gasteiger partial charge in [-0.3, -0.25) is 0 Å². The van der Waals surface area contributed by atoms with Crippen molar-refractivity contribution in [2.75, 3.05) is 20.7 Å². The minimum atomic E-state index is -1.42. The standard InChI is InChI=1S/C7H16N2O4/c1-9(2)8-3-5(11)7(13)6(12)4-10/h3,5-7,10-13H,4H2,1-2H3/t5-,6-,7+/m1/s1. The van der Waals surface area contributed by atoms with Crippen molar-refractivity contribution in [2.45, 2.75) is 18.3 Å². The van der Waals surface area contributed by atoms with E-state index in [1.165, 1.54) is 5.01 Å². The van der Waals surface area contributed by atoms with Crippen molar-refractivity contribution in [1.82, 2.24) is 5.01 Å². The van der Waals surface area contributed by atoms with E-state index in [9.17, 15) is 5.11 Å². The van der Waals surface area contributed by atoms with Gasteiger partial charge in [0.1, 0.15) is 18.3 Å². The van der Waals surface area contributed by atoms with Gasteiger partial charge in [0.2, 0.25) is 0 Å². The smallest absolute Gasteiger partial charge is 0.119 e. The molecule has 0 aliphatic heterocycles. The van der Waals surface area contributed by atoms with Gasteiger partial charge >= 0.3 is 0 Å². The molecule has 3 atom stereocenters. The van der Waals surface area contributed by atoms with Crippen molar-refractivity contribution in [2.24, 2.45) is 5.10 Å². The molecule has 0 fully saturated rings. The molecule has 0 amide bonds. The quantitative estimate of drug-likeness (QED) is 0.288. The van der Waals surface area contributed by atoms with Gasteiger partial charge in [0.15, 0.2) is 0 Å². The molecule has 0 heterocycles. The summed E-state index contributed by atoms with van der Waals surface area (Å²) in [5.74, 6) is 0. The van der Waals surface area contributed by atoms with E-state index in [0.29, 0.717) is 0 Å². The summed E-state index contributed by atoms with van der Waals surface area (Å²) in [5, 5.41) is 40.8. The van der Waals surface area contributed by atoms with E-state index >= 15 is 0 Å². The Morgan fingerprint density at radius 3 is 2.23 bits per heavy atom. The highest BCUT2D eigenvalue weighted by Crippen LogP contribution is 1.97. The zero-order chi connectivity index (χ0) is 10.4. The fourth-order valence-corrected chi connectivity index (χ4v) is 0.625. The van der Waals surface area contributed by atoms with E-state index in [0.717, 1.165) is 6.21 Å². The summed E-state index contributed by atoms with van der Waals surface area (Å²) in [4.78, 5) is 0. The molecule has 0 aliphatic rings. The first kappa shape index (κ1) is 12.3. The van der Waals surface area contributed by atoms with E-state index in [4.69, 9.17) is 15.3 Å². The van der Waals surface area contributed by atoms with Crippen LogP contribution in [0.25, 0.3) is 0 Å². The van der Waals surface area contributed by atoms with Gasteiger partial charge in [0, 0.05) is 14.1 Å². The highest BCUT2D eigenvalue weighted by atomic mass is 16.4. The summed E-state index contributed by atoms with van der Waals surface area (Å²) >= 11 is 0. The number of nitrogens with zero attached hydrogens (tertiary/aromatic N) is 2. The first-order valence-corrected chi connectivity index (χ1v) is 3.85. The zero-order valence-corrected chi connectivity index (χ0v) is 7.70. The lowest BCUT2D eigenvalue weighted by Crippen LogP contribution is -2.40. The maximum absolute atomic E-state index is 9.17. The molecule has 0 bridgehead atoms. The van der Waals surface area contributed by atoms with Crippen molar-refractivity contribution in [1.29, 1.82) is 0 Å². The topological polar surface area (TPSA) is 96.5 Å². The number of aliphatic hydroxyl groups is 4. The second-order valence-corrected chi connectivity index (χ2v) is 2.84. The Balaban J connectivity index is 4.02. The van der Waals surface area contributed by atoms with Crippen LogP contribution < -0.4 is 0 Å². The fourth-order valence-electron chi connectivity index (χ4n) is 0.625. The minimum Gasteiger partial charge on any atom is -0.394 e. The van der Waals surface area contributed by atoms with Gasteiger partial charge in [-0.25, -0.2) is 0 Å². The summed E-state index contributed by atoms with van der Waals surface area (Å²) < 4.78 is 0. The number of hydrogen-bond acceptors (Lipinski definition) is 6. The van der Waals surface area contributed by atoms with Gasteiger partial charge in [-0.2, -0.15) is 5.10 Å². The molecule has 6 heteroatoms. The molecule has 0 radical (unpaired) electrons. The molecule has 0 aromatic rings. The molecule has 0 spiro atoms. The van der Waals surface area contributed by atoms with Crippen LogP contribution in [0, 0.1) is 0 Å². The minimum absolute atomic E-state index is 0.603. The molecular weight excluding hydrogens is 176 g/mol. The summed E-state index contributed by atoms with van der Waals surface area (Å²) in [6.07, 6.45) is -2.98. The molecule has 0 aromatic heterocycles. The second-order valence-electron chi connectivity index (χ2n) is 2.84. The average Bonchev–Trinajstić information content (AvgIpc) is 2.11. The third-order valence-electron chi connectivity index (χ3n) is 1.38. The van der Waals surface area contributed by atoms with Crippen molar-refractivity contribution in [3.8, 4) is 0 Å². The largest absolute Gasteiger partial charge is 0.394 e. The van der Waals surface area contributed by atoms with Gasteiger partial charge in [-0.05, 0) is 0 Å². The van der Waals surface area contributed by atoms with E-state index in [1.54, 1.807) is 14.1 Å². The first-order chi connectivity index (χ1) is 5.99. The maximum atomic E-state index is 9.17. The molecule has 0 saturated heterocycles. The van der Waals surface area contributed by atoms with Gasteiger partial charge in [0.25, 0.3) is 0 Å². The molecule has 0 unspecified atom stereocenters. The third-order valence-corrected chi connectivity index (χ3v) is 1.38. The van der Waals surface area contributed by atoms with E-state index in [1.807, 2.05) is 0 Å². The van der Waals surface area contributed by atoms with Crippen LogP contribution >= 0.6 is 0 Å². The Bertz CT molecular complexity index is 163. The Morgan fingerprint density at radius 1 is 1.31 bits per heavy atom. The number of aliphatic hydroxyl groups excluding tert-OH is 4. The summed E-state index contributed by atoms with van der Waals surface area (Å²) in [6.45, 7) is -0.603. The predicted octanol–water partition coefficient (Wildman–Crippen LogP) is -2.39. The Morgan fingerprint density at radius 2 is 1.85 bits per heavy atom. The zero-order valence-electron chi connectivity index (χ0n) is 7.70. The SMILES string of the molecule is CN(C)N=C[C@@H](O)[C@H](O)[C@H](O)CO. The second kappa shape index (κ2) is 5.87. The van der Waals surface area contributed by atoms with Crippen LogP contribution in [0.15, 0.2) is 5.10 Å². The normalized spacial score (nSPS) is 18.6. The van der Waals surface area contributed by atoms with Gasteiger partial charge in [-0.15, -0.1) is 0 Å². The highest BCUT2D eigenvalue weighted by Gasteiger charge is 2.22. The van der Waals surface area contributed by atoms with E-state index in [-0.39, 0.29) is 0 Å². The van der Waals surface area contributed by atoms with Crippen LogP contribution in [0.4, 0.5) is 0 Å². The highest BCUT2D eigenvalue weighted by molar-refractivity contribution is 5.63. The number of rotatable bonds is 5. The maximum Gasteiger partial charge on any atom is 0.119 e.